The van der Waals surface area contributed by atoms with Crippen LogP contribution >= 0.6 is 0 Å². The molecule has 0 unspecified atom stereocenters. The van der Waals surface area contributed by atoms with E-state index in [2.05, 4.69) is 43.0 Å². The zero-order chi connectivity index (χ0) is 18.4. The summed E-state index contributed by atoms with van der Waals surface area (Å²) < 4.78 is 6.50. The van der Waals surface area contributed by atoms with Gasteiger partial charge >= 0.3 is 0 Å². The van der Waals surface area contributed by atoms with Gasteiger partial charge in [-0.25, -0.2) is 0 Å². The van der Waals surface area contributed by atoms with Crippen molar-refractivity contribution in [2.24, 2.45) is 0 Å². The number of hydrogen-bond acceptors (Lipinski definition) is 2. The van der Waals surface area contributed by atoms with E-state index in [-0.39, 0.29) is 6.61 Å². The Morgan fingerprint density at radius 3 is 1.46 bits per heavy atom. The van der Waals surface area contributed by atoms with Gasteiger partial charge in [-0.15, -0.1) is 0 Å². The summed E-state index contributed by atoms with van der Waals surface area (Å²) >= 11 is 0. The molecule has 0 aliphatic heterocycles. The topological polar surface area (TPSA) is 29.5 Å². The number of aliphatic hydroxyl groups excluding tert-OH is 1. The van der Waals surface area contributed by atoms with Crippen molar-refractivity contribution in [3.63, 3.8) is 0 Å². The van der Waals surface area contributed by atoms with Crippen LogP contribution in [0.15, 0.2) is 103 Å². The molecule has 0 saturated carbocycles. The first kappa shape index (κ1) is 18.1. The molecular formula is C24H24O2. The maximum atomic E-state index is 10.3. The predicted octanol–water partition coefficient (Wildman–Crippen LogP) is 4.93. The lowest BCUT2D eigenvalue weighted by Gasteiger charge is -2.36. The van der Waals surface area contributed by atoms with E-state index in [0.29, 0.717) is 5.57 Å². The van der Waals surface area contributed by atoms with Gasteiger partial charge in [-0.3, -0.25) is 0 Å². The van der Waals surface area contributed by atoms with E-state index in [4.69, 9.17) is 4.74 Å². The summed E-state index contributed by atoms with van der Waals surface area (Å²) in [4.78, 5) is 0. The standard InChI is InChI=1S/C24H24O2/c1-19(2)23(25)18-26-24(20-12-6-3-7-13-20,21-14-8-4-9-15-21)22-16-10-5-11-17-22/h3-17,23,25H,1,18H2,2H3/t23-/m1/s1. The minimum absolute atomic E-state index is 0.161. The Bertz CT molecular complexity index is 729. The first-order chi connectivity index (χ1) is 12.6. The molecular weight excluding hydrogens is 320 g/mol. The highest BCUT2D eigenvalue weighted by atomic mass is 16.5. The maximum Gasteiger partial charge on any atom is 0.143 e. The quantitative estimate of drug-likeness (QED) is 0.486. The Morgan fingerprint density at radius 1 is 0.808 bits per heavy atom. The van der Waals surface area contributed by atoms with Crippen LogP contribution in [0.2, 0.25) is 0 Å². The van der Waals surface area contributed by atoms with Gasteiger partial charge in [0.1, 0.15) is 5.60 Å². The average Bonchev–Trinajstić information content (AvgIpc) is 2.70. The Labute approximate surface area is 155 Å². The van der Waals surface area contributed by atoms with Crippen LogP contribution in [0.4, 0.5) is 0 Å². The highest BCUT2D eigenvalue weighted by Crippen LogP contribution is 2.40. The first-order valence-corrected chi connectivity index (χ1v) is 8.78. The minimum atomic E-state index is -0.805. The summed E-state index contributed by atoms with van der Waals surface area (Å²) in [6, 6.07) is 30.4. The van der Waals surface area contributed by atoms with Crippen molar-refractivity contribution in [2.45, 2.75) is 18.6 Å². The molecule has 0 aliphatic rings. The van der Waals surface area contributed by atoms with Gasteiger partial charge in [-0.05, 0) is 29.2 Å². The Hall–Kier alpha value is -2.68. The molecule has 0 amide bonds. The predicted molar refractivity (Wildman–Crippen MR) is 106 cm³/mol. The Kier molecular flexibility index (Phi) is 5.67. The molecule has 3 aromatic rings. The van der Waals surface area contributed by atoms with Crippen LogP contribution in [0.3, 0.4) is 0 Å². The third-order valence-corrected chi connectivity index (χ3v) is 4.57. The molecule has 0 fully saturated rings. The van der Waals surface area contributed by atoms with Gasteiger partial charge in [0.25, 0.3) is 0 Å². The molecule has 2 nitrogen and oxygen atoms in total. The molecule has 1 N–H and O–H groups in total. The van der Waals surface area contributed by atoms with Crippen LogP contribution in [-0.4, -0.2) is 17.8 Å². The van der Waals surface area contributed by atoms with Crippen molar-refractivity contribution in [3.8, 4) is 0 Å². The van der Waals surface area contributed by atoms with E-state index >= 15 is 0 Å². The van der Waals surface area contributed by atoms with Gasteiger partial charge in [-0.1, -0.05) is 97.6 Å². The van der Waals surface area contributed by atoms with Crippen LogP contribution in [-0.2, 0) is 10.3 Å². The van der Waals surface area contributed by atoms with E-state index in [9.17, 15) is 5.11 Å². The molecule has 1 atom stereocenters. The van der Waals surface area contributed by atoms with Gasteiger partial charge < -0.3 is 9.84 Å². The molecule has 0 spiro atoms. The smallest absolute Gasteiger partial charge is 0.143 e. The van der Waals surface area contributed by atoms with E-state index in [0.717, 1.165) is 16.7 Å². The van der Waals surface area contributed by atoms with Crippen molar-refractivity contribution in [1.29, 1.82) is 0 Å². The fourth-order valence-corrected chi connectivity index (χ4v) is 3.11. The molecule has 2 heteroatoms. The summed E-state index contributed by atoms with van der Waals surface area (Å²) in [5.41, 5.74) is 2.94. The molecule has 132 valence electrons. The summed E-state index contributed by atoms with van der Waals surface area (Å²) in [7, 11) is 0. The van der Waals surface area contributed by atoms with E-state index < -0.39 is 11.7 Å². The summed E-state index contributed by atoms with van der Waals surface area (Å²) in [6.07, 6.45) is -0.717. The summed E-state index contributed by atoms with van der Waals surface area (Å²) in [6.45, 7) is 5.81. The zero-order valence-corrected chi connectivity index (χ0v) is 15.0. The maximum absolute atomic E-state index is 10.3. The van der Waals surface area contributed by atoms with Gasteiger partial charge in [-0.2, -0.15) is 0 Å². The number of aliphatic hydroxyl groups is 1. The minimum Gasteiger partial charge on any atom is -0.386 e. The monoisotopic (exact) mass is 344 g/mol. The fourth-order valence-electron chi connectivity index (χ4n) is 3.11. The van der Waals surface area contributed by atoms with E-state index in [1.165, 1.54) is 0 Å². The second kappa shape index (κ2) is 8.13. The Balaban J connectivity index is 2.19. The van der Waals surface area contributed by atoms with Crippen molar-refractivity contribution in [3.05, 3.63) is 120 Å². The van der Waals surface area contributed by atoms with Crippen LogP contribution in [0.5, 0.6) is 0 Å². The van der Waals surface area contributed by atoms with Crippen molar-refractivity contribution >= 4 is 0 Å². The van der Waals surface area contributed by atoms with Gasteiger partial charge in [0, 0.05) is 0 Å². The van der Waals surface area contributed by atoms with Crippen LogP contribution in [0, 0.1) is 0 Å². The number of rotatable bonds is 7. The second-order valence-corrected chi connectivity index (χ2v) is 6.45. The molecule has 0 radical (unpaired) electrons. The van der Waals surface area contributed by atoms with E-state index in [1.54, 1.807) is 0 Å². The summed E-state index contributed by atoms with van der Waals surface area (Å²) in [5, 5.41) is 10.3. The average molecular weight is 344 g/mol. The molecule has 3 rings (SSSR count). The van der Waals surface area contributed by atoms with Gasteiger partial charge in [0.05, 0.1) is 12.7 Å². The molecule has 0 saturated heterocycles. The number of hydrogen-bond donors (Lipinski definition) is 1. The van der Waals surface area contributed by atoms with E-state index in [1.807, 2.05) is 61.5 Å². The SMILES string of the molecule is C=C(C)[C@H](O)COC(c1ccccc1)(c1ccccc1)c1ccccc1. The fraction of sp³-hybridized carbons (Fsp3) is 0.167. The van der Waals surface area contributed by atoms with Crippen molar-refractivity contribution in [2.75, 3.05) is 6.61 Å². The highest BCUT2D eigenvalue weighted by molar-refractivity contribution is 5.47. The van der Waals surface area contributed by atoms with Gasteiger partial charge in [0.15, 0.2) is 0 Å². The molecule has 0 aliphatic carbocycles. The zero-order valence-electron chi connectivity index (χ0n) is 15.0. The third-order valence-electron chi connectivity index (χ3n) is 4.57. The molecule has 0 aromatic heterocycles. The molecule has 3 aromatic carbocycles. The highest BCUT2D eigenvalue weighted by Gasteiger charge is 2.37. The Morgan fingerprint density at radius 2 is 1.15 bits per heavy atom. The molecule has 26 heavy (non-hydrogen) atoms. The van der Waals surface area contributed by atoms with Crippen molar-refractivity contribution < 1.29 is 9.84 Å². The van der Waals surface area contributed by atoms with Crippen molar-refractivity contribution in [1.82, 2.24) is 0 Å². The molecule has 0 bridgehead atoms. The lowest BCUT2D eigenvalue weighted by Crippen LogP contribution is -2.35. The summed E-state index contributed by atoms with van der Waals surface area (Å²) in [5.74, 6) is 0. The lowest BCUT2D eigenvalue weighted by molar-refractivity contribution is -0.0276. The lowest BCUT2D eigenvalue weighted by atomic mass is 9.80. The second-order valence-electron chi connectivity index (χ2n) is 6.45. The number of ether oxygens (including phenoxy) is 1. The largest absolute Gasteiger partial charge is 0.386 e. The first-order valence-electron chi connectivity index (χ1n) is 8.78. The van der Waals surface area contributed by atoms with Gasteiger partial charge in [0.2, 0.25) is 0 Å². The van der Waals surface area contributed by atoms with Crippen LogP contribution < -0.4 is 0 Å². The van der Waals surface area contributed by atoms with Crippen LogP contribution in [0.25, 0.3) is 0 Å². The normalized spacial score (nSPS) is 12.5. The van der Waals surface area contributed by atoms with Crippen LogP contribution in [0.1, 0.15) is 23.6 Å². The number of benzene rings is 3. The third kappa shape index (κ3) is 3.62. The molecule has 0 heterocycles.